The van der Waals surface area contributed by atoms with Crippen LogP contribution in [-0.2, 0) is 16.1 Å². The van der Waals surface area contributed by atoms with Gasteiger partial charge in [0.15, 0.2) is 0 Å². The van der Waals surface area contributed by atoms with Crippen LogP contribution in [0.25, 0.3) is 10.9 Å². The van der Waals surface area contributed by atoms with Crippen molar-refractivity contribution in [3.8, 4) is 5.75 Å². The van der Waals surface area contributed by atoms with Gasteiger partial charge in [-0.05, 0) is 39.8 Å². The van der Waals surface area contributed by atoms with E-state index in [-0.39, 0.29) is 17.9 Å². The fourth-order valence-electron chi connectivity index (χ4n) is 1.54. The second-order valence-corrected chi connectivity index (χ2v) is 5.45. The summed E-state index contributed by atoms with van der Waals surface area (Å²) in [7, 11) is 1.71. The first-order valence-electron chi connectivity index (χ1n) is 8.43. The predicted octanol–water partition coefficient (Wildman–Crippen LogP) is 4.73. The Morgan fingerprint density at radius 2 is 1.71 bits per heavy atom. The van der Waals surface area contributed by atoms with Crippen LogP contribution < -0.4 is 0 Å². The summed E-state index contributed by atoms with van der Waals surface area (Å²) in [6.07, 6.45) is 0.788. The van der Waals surface area contributed by atoms with Gasteiger partial charge in [0, 0.05) is 18.6 Å². The molecule has 1 heterocycles. The molecule has 2 rings (SSSR count). The van der Waals surface area contributed by atoms with Crippen molar-refractivity contribution < 1.29 is 14.6 Å². The second-order valence-electron chi connectivity index (χ2n) is 5.45. The largest absolute Gasteiger partial charge is 0.508 e. The average molecular weight is 338 g/mol. The van der Waals surface area contributed by atoms with Crippen LogP contribution >= 0.6 is 0 Å². The molecule has 0 fully saturated rings. The zero-order chi connectivity index (χ0) is 19.3. The minimum Gasteiger partial charge on any atom is -0.508 e. The number of carbonyl (C=O) groups is 1. The second kappa shape index (κ2) is 12.5. The van der Waals surface area contributed by atoms with Crippen LogP contribution in [0.15, 0.2) is 18.2 Å². The van der Waals surface area contributed by atoms with Crippen molar-refractivity contribution in [2.24, 2.45) is 0 Å². The van der Waals surface area contributed by atoms with Crippen molar-refractivity contribution in [1.82, 2.24) is 9.78 Å². The number of hydrogen-bond donors (Lipinski definition) is 1. The van der Waals surface area contributed by atoms with Crippen molar-refractivity contribution in [2.75, 3.05) is 7.11 Å². The summed E-state index contributed by atoms with van der Waals surface area (Å²) in [5.41, 5.74) is 1.69. The van der Waals surface area contributed by atoms with Gasteiger partial charge in [0.25, 0.3) is 0 Å². The maximum Gasteiger partial charge on any atom is 0.141 e. The molecule has 5 nitrogen and oxygen atoms in total. The van der Waals surface area contributed by atoms with Gasteiger partial charge in [0.05, 0.1) is 23.4 Å². The number of aromatic nitrogens is 2. The SMILES string of the molecule is CC.CC.COC(C)(C)C.Cc1nn(CC=O)c2cc(O)ccc12. The van der Waals surface area contributed by atoms with E-state index in [1.54, 1.807) is 30.0 Å². The van der Waals surface area contributed by atoms with Gasteiger partial charge < -0.3 is 14.6 Å². The molecule has 0 aliphatic carbocycles. The number of aryl methyl sites for hydroxylation is 1. The van der Waals surface area contributed by atoms with Crippen LogP contribution in [0.1, 0.15) is 54.2 Å². The molecular formula is C19H34N2O3. The molecule has 1 aromatic heterocycles. The molecular weight excluding hydrogens is 304 g/mol. The lowest BCUT2D eigenvalue weighted by Gasteiger charge is -2.14. The molecule has 0 bridgehead atoms. The molecule has 0 atom stereocenters. The third kappa shape index (κ3) is 8.67. The molecule has 0 saturated heterocycles. The monoisotopic (exact) mass is 338 g/mol. The normalized spacial score (nSPS) is 9.71. The first-order valence-corrected chi connectivity index (χ1v) is 8.43. The van der Waals surface area contributed by atoms with Crippen LogP contribution in [-0.4, -0.2) is 33.9 Å². The number of phenolic OH excluding ortho intramolecular Hbond substituents is 1. The minimum atomic E-state index is 0.0417. The Bertz CT molecular complexity index is 584. The summed E-state index contributed by atoms with van der Waals surface area (Å²) in [6.45, 7) is 16.2. The molecule has 2 aromatic rings. The van der Waals surface area contributed by atoms with Gasteiger partial charge in [-0.3, -0.25) is 4.68 Å². The van der Waals surface area contributed by atoms with Gasteiger partial charge in [-0.25, -0.2) is 0 Å². The standard InChI is InChI=1S/C10H10N2O2.C5H12O.2C2H6/c1-7-9-3-2-8(14)6-10(9)12(11-7)4-5-13;1-5(2,3)6-4;2*1-2/h2-3,5-6,14H,4H2,1H3;1-4H3;2*1-2H3. The van der Waals surface area contributed by atoms with Gasteiger partial charge in [0.2, 0.25) is 0 Å². The number of ether oxygens (including phenoxy) is 1. The molecule has 0 spiro atoms. The van der Waals surface area contributed by atoms with E-state index in [1.807, 2.05) is 55.4 Å². The molecule has 0 aliphatic heterocycles. The molecule has 1 N–H and O–H groups in total. The zero-order valence-electron chi connectivity index (χ0n) is 16.7. The van der Waals surface area contributed by atoms with Crippen LogP contribution in [0.2, 0.25) is 0 Å². The first-order chi connectivity index (χ1) is 11.3. The zero-order valence-corrected chi connectivity index (χ0v) is 16.7. The van der Waals surface area contributed by atoms with Crippen LogP contribution in [0.4, 0.5) is 0 Å². The number of rotatable bonds is 2. The van der Waals surface area contributed by atoms with E-state index in [0.29, 0.717) is 0 Å². The van der Waals surface area contributed by atoms with Crippen LogP contribution in [0, 0.1) is 6.92 Å². The van der Waals surface area contributed by atoms with E-state index in [0.717, 1.165) is 22.9 Å². The topological polar surface area (TPSA) is 64.4 Å². The Hall–Kier alpha value is -1.88. The Labute approximate surface area is 146 Å². The Balaban J connectivity index is 0. The molecule has 1 aromatic carbocycles. The molecule has 0 aliphatic rings. The van der Waals surface area contributed by atoms with E-state index < -0.39 is 0 Å². The molecule has 5 heteroatoms. The number of methoxy groups -OCH3 is 1. The van der Waals surface area contributed by atoms with Gasteiger partial charge >= 0.3 is 0 Å². The predicted molar refractivity (Wildman–Crippen MR) is 102 cm³/mol. The fraction of sp³-hybridized carbons (Fsp3) is 0.579. The summed E-state index contributed by atoms with van der Waals surface area (Å²) in [5.74, 6) is 0.185. The Kier molecular flexibility index (Phi) is 12.7. The summed E-state index contributed by atoms with van der Waals surface area (Å²) >= 11 is 0. The van der Waals surface area contributed by atoms with E-state index in [4.69, 9.17) is 4.74 Å². The maximum absolute atomic E-state index is 10.4. The number of aldehydes is 1. The van der Waals surface area contributed by atoms with E-state index in [9.17, 15) is 9.90 Å². The van der Waals surface area contributed by atoms with Gasteiger partial charge in [-0.15, -0.1) is 0 Å². The van der Waals surface area contributed by atoms with Crippen molar-refractivity contribution in [3.05, 3.63) is 23.9 Å². The average Bonchev–Trinajstić information content (AvgIpc) is 2.87. The number of fused-ring (bicyclic) bond motifs is 1. The number of nitrogens with zero attached hydrogens (tertiary/aromatic N) is 2. The number of carbonyl (C=O) groups excluding carboxylic acids is 1. The summed E-state index contributed by atoms with van der Waals surface area (Å²) in [4.78, 5) is 10.4. The van der Waals surface area contributed by atoms with Crippen molar-refractivity contribution in [2.45, 2.75) is 67.5 Å². The van der Waals surface area contributed by atoms with E-state index >= 15 is 0 Å². The lowest BCUT2D eigenvalue weighted by Crippen LogP contribution is -2.15. The maximum atomic E-state index is 10.4. The number of aromatic hydroxyl groups is 1. The molecule has 138 valence electrons. The quantitative estimate of drug-likeness (QED) is 0.804. The fourth-order valence-corrected chi connectivity index (χ4v) is 1.54. The van der Waals surface area contributed by atoms with Crippen molar-refractivity contribution >= 4 is 17.2 Å². The lowest BCUT2D eigenvalue weighted by atomic mass is 10.2. The minimum absolute atomic E-state index is 0.0417. The molecule has 0 radical (unpaired) electrons. The van der Waals surface area contributed by atoms with Crippen molar-refractivity contribution in [1.29, 1.82) is 0 Å². The van der Waals surface area contributed by atoms with Crippen LogP contribution in [0.3, 0.4) is 0 Å². The lowest BCUT2D eigenvalue weighted by molar-refractivity contribution is -0.108. The van der Waals surface area contributed by atoms with Gasteiger partial charge in [-0.2, -0.15) is 5.10 Å². The number of hydrogen-bond acceptors (Lipinski definition) is 4. The van der Waals surface area contributed by atoms with E-state index in [1.165, 1.54) is 0 Å². The number of benzene rings is 1. The summed E-state index contributed by atoms with van der Waals surface area (Å²) < 4.78 is 6.52. The Morgan fingerprint density at radius 3 is 2.12 bits per heavy atom. The highest BCUT2D eigenvalue weighted by atomic mass is 16.5. The molecule has 0 unspecified atom stereocenters. The summed E-state index contributed by atoms with van der Waals surface area (Å²) in [5, 5.41) is 14.5. The summed E-state index contributed by atoms with van der Waals surface area (Å²) in [6, 6.07) is 5.02. The first kappa shape index (κ1) is 24.4. The van der Waals surface area contributed by atoms with Crippen LogP contribution in [0.5, 0.6) is 5.75 Å². The highest BCUT2D eigenvalue weighted by Gasteiger charge is 2.06. The molecule has 0 saturated carbocycles. The van der Waals surface area contributed by atoms with Gasteiger partial charge in [-0.1, -0.05) is 27.7 Å². The van der Waals surface area contributed by atoms with Gasteiger partial charge in [0.1, 0.15) is 12.0 Å². The Morgan fingerprint density at radius 1 is 1.21 bits per heavy atom. The molecule has 0 amide bonds. The highest BCUT2D eigenvalue weighted by Crippen LogP contribution is 2.22. The highest BCUT2D eigenvalue weighted by molar-refractivity contribution is 5.83. The third-order valence-corrected chi connectivity index (χ3v) is 2.78. The smallest absolute Gasteiger partial charge is 0.141 e. The number of phenols is 1. The van der Waals surface area contributed by atoms with Crippen molar-refractivity contribution in [3.63, 3.8) is 0 Å². The van der Waals surface area contributed by atoms with E-state index in [2.05, 4.69) is 5.10 Å². The third-order valence-electron chi connectivity index (χ3n) is 2.78. The molecule has 24 heavy (non-hydrogen) atoms.